The molecule has 10 atom stereocenters. The Kier molecular flexibility index (Phi) is 7.27. The predicted octanol–water partition coefficient (Wildman–Crippen LogP) is 1.64. The summed E-state index contributed by atoms with van der Waals surface area (Å²) in [7, 11) is 4.58. The Labute approximate surface area is 247 Å². The van der Waals surface area contributed by atoms with Crippen molar-refractivity contribution in [2.45, 2.75) is 55.9 Å². The van der Waals surface area contributed by atoms with Crippen LogP contribution in [0.5, 0.6) is 28.7 Å². The van der Waals surface area contributed by atoms with Crippen LogP contribution in [0.15, 0.2) is 24.3 Å². The molecular weight excluding hydrogens is 568 g/mol. The number of ether oxygens (including phenoxy) is 10. The molecule has 4 heterocycles. The molecule has 13 nitrogen and oxygen atoms in total. The molecule has 5 aliphatic rings. The first-order valence-corrected chi connectivity index (χ1v) is 14.2. The van der Waals surface area contributed by atoms with E-state index in [1.807, 2.05) is 24.3 Å². The van der Waals surface area contributed by atoms with Crippen molar-refractivity contribution in [2.24, 2.45) is 11.8 Å². The molecule has 2 aromatic rings. The topological polar surface area (TPSA) is 150 Å². The summed E-state index contributed by atoms with van der Waals surface area (Å²) >= 11 is 0. The molecule has 2 aromatic carbocycles. The highest BCUT2D eigenvalue weighted by atomic mass is 16.8. The minimum absolute atomic E-state index is 0.0473. The van der Waals surface area contributed by atoms with Gasteiger partial charge in [-0.15, -0.1) is 0 Å². The second kappa shape index (κ2) is 11.0. The van der Waals surface area contributed by atoms with Gasteiger partial charge in [-0.2, -0.15) is 0 Å². The SMILES string of the molecule is COc1cc([C@@H]2c3cc4c(cc3[C@@H](OC3OC5COC(C)OC5C(O)C3O)[C@H]3COC(=O)[C@H]23)OCO4)cc(OC)c1OC. The number of fused-ring (bicyclic) bond motifs is 4. The summed E-state index contributed by atoms with van der Waals surface area (Å²) in [5.41, 5.74) is 2.19. The monoisotopic (exact) mass is 602 g/mol. The number of aliphatic hydroxyl groups is 2. The number of esters is 1. The third-order valence-corrected chi connectivity index (χ3v) is 8.93. The van der Waals surface area contributed by atoms with Gasteiger partial charge in [0.25, 0.3) is 0 Å². The van der Waals surface area contributed by atoms with E-state index in [9.17, 15) is 15.0 Å². The Morgan fingerprint density at radius 2 is 1.53 bits per heavy atom. The largest absolute Gasteiger partial charge is 0.493 e. The van der Waals surface area contributed by atoms with Gasteiger partial charge in [-0.25, -0.2) is 0 Å². The van der Waals surface area contributed by atoms with E-state index in [4.69, 9.17) is 47.4 Å². The molecule has 3 saturated heterocycles. The number of carbonyl (C=O) groups excluding carboxylic acids is 1. The average Bonchev–Trinajstić information content (AvgIpc) is 3.64. The highest BCUT2D eigenvalue weighted by molar-refractivity contribution is 5.79. The standard InChI is InChI=1S/C30H34O13/c1-12-37-10-21-28(41-12)24(31)25(32)30(42-21)43-26-15-8-18-17(39-11-40-18)7-14(15)22(23-16(26)9-38-29(23)33)13-5-19(34-2)27(36-4)20(6-13)35-3/h5-8,12,16,21-26,28,30-32H,9-11H2,1-4H3/t12?,16-,21?,22+,23-,24?,25?,26+,28?,30?/m0/s1. The minimum Gasteiger partial charge on any atom is -0.493 e. The first kappa shape index (κ1) is 28.4. The minimum atomic E-state index is -1.42. The molecule has 0 saturated carbocycles. The number of hydrogen-bond acceptors (Lipinski definition) is 13. The zero-order valence-electron chi connectivity index (χ0n) is 24.1. The second-order valence-corrected chi connectivity index (χ2v) is 11.2. The Morgan fingerprint density at radius 3 is 2.21 bits per heavy atom. The van der Waals surface area contributed by atoms with Crippen molar-refractivity contribution in [3.63, 3.8) is 0 Å². The van der Waals surface area contributed by atoms with Crippen molar-refractivity contribution in [1.29, 1.82) is 0 Å². The molecule has 4 aliphatic heterocycles. The highest BCUT2D eigenvalue weighted by Crippen LogP contribution is 2.57. The summed E-state index contributed by atoms with van der Waals surface area (Å²) in [6.07, 6.45) is -6.70. The van der Waals surface area contributed by atoms with Gasteiger partial charge in [-0.05, 0) is 47.9 Å². The van der Waals surface area contributed by atoms with Gasteiger partial charge in [0, 0.05) is 11.8 Å². The molecule has 0 aromatic heterocycles. The lowest BCUT2D eigenvalue weighted by Crippen LogP contribution is -2.63. The molecule has 0 amide bonds. The van der Waals surface area contributed by atoms with Crippen LogP contribution in [0.4, 0.5) is 0 Å². The van der Waals surface area contributed by atoms with Crippen molar-refractivity contribution < 1.29 is 62.4 Å². The molecule has 1 aliphatic carbocycles. The van der Waals surface area contributed by atoms with Gasteiger partial charge in [0.2, 0.25) is 12.5 Å². The number of cyclic esters (lactones) is 1. The highest BCUT2D eigenvalue weighted by Gasteiger charge is 2.56. The van der Waals surface area contributed by atoms with Gasteiger partial charge < -0.3 is 57.6 Å². The quantitative estimate of drug-likeness (QED) is 0.462. The van der Waals surface area contributed by atoms with E-state index in [0.717, 1.165) is 11.1 Å². The van der Waals surface area contributed by atoms with Crippen LogP contribution in [0.3, 0.4) is 0 Å². The Morgan fingerprint density at radius 1 is 0.837 bits per heavy atom. The molecule has 232 valence electrons. The van der Waals surface area contributed by atoms with E-state index in [1.165, 1.54) is 21.3 Å². The maximum atomic E-state index is 13.5. The summed E-state index contributed by atoms with van der Waals surface area (Å²) < 4.78 is 57.7. The van der Waals surface area contributed by atoms with E-state index < -0.39 is 66.8 Å². The molecule has 0 radical (unpaired) electrons. The van der Waals surface area contributed by atoms with Crippen LogP contribution in [0.2, 0.25) is 0 Å². The van der Waals surface area contributed by atoms with Gasteiger partial charge in [0.1, 0.15) is 24.4 Å². The lowest BCUT2D eigenvalue weighted by molar-refractivity contribution is -0.364. The molecule has 0 spiro atoms. The van der Waals surface area contributed by atoms with E-state index in [0.29, 0.717) is 34.3 Å². The van der Waals surface area contributed by atoms with Crippen molar-refractivity contribution in [3.05, 3.63) is 41.0 Å². The van der Waals surface area contributed by atoms with Crippen LogP contribution in [0, 0.1) is 11.8 Å². The van der Waals surface area contributed by atoms with E-state index >= 15 is 0 Å². The third kappa shape index (κ3) is 4.57. The summed E-state index contributed by atoms with van der Waals surface area (Å²) in [5.74, 6) is 0.289. The molecule has 0 bridgehead atoms. The number of rotatable bonds is 6. The zero-order valence-corrected chi connectivity index (χ0v) is 24.1. The second-order valence-electron chi connectivity index (χ2n) is 11.2. The molecule has 2 N–H and O–H groups in total. The zero-order chi connectivity index (χ0) is 30.0. The third-order valence-electron chi connectivity index (χ3n) is 8.93. The number of hydrogen-bond donors (Lipinski definition) is 2. The number of carbonyl (C=O) groups is 1. The summed E-state index contributed by atoms with van der Waals surface area (Å²) in [5, 5.41) is 22.0. The Hall–Kier alpha value is -3.33. The van der Waals surface area contributed by atoms with Crippen molar-refractivity contribution in [1.82, 2.24) is 0 Å². The lowest BCUT2D eigenvalue weighted by atomic mass is 9.66. The van der Waals surface area contributed by atoms with Crippen molar-refractivity contribution >= 4 is 5.97 Å². The first-order valence-electron chi connectivity index (χ1n) is 14.2. The predicted molar refractivity (Wildman–Crippen MR) is 143 cm³/mol. The van der Waals surface area contributed by atoms with Gasteiger partial charge in [0.15, 0.2) is 35.6 Å². The van der Waals surface area contributed by atoms with Gasteiger partial charge in [-0.3, -0.25) is 4.79 Å². The molecule has 13 heteroatoms. The van der Waals surface area contributed by atoms with E-state index in [-0.39, 0.29) is 20.0 Å². The number of methoxy groups -OCH3 is 3. The first-order chi connectivity index (χ1) is 20.8. The molecule has 6 unspecified atom stereocenters. The summed E-state index contributed by atoms with van der Waals surface area (Å²) in [6.45, 7) is 1.99. The average molecular weight is 603 g/mol. The van der Waals surface area contributed by atoms with Gasteiger partial charge in [0.05, 0.1) is 46.6 Å². The molecular formula is C30H34O13. The van der Waals surface area contributed by atoms with Crippen LogP contribution < -0.4 is 23.7 Å². The number of aliphatic hydroxyl groups excluding tert-OH is 2. The molecule has 7 rings (SSSR count). The Balaban J connectivity index is 1.32. The van der Waals surface area contributed by atoms with Crippen LogP contribution in [0.25, 0.3) is 0 Å². The fraction of sp³-hybridized carbons (Fsp3) is 0.567. The van der Waals surface area contributed by atoms with E-state index in [1.54, 1.807) is 6.92 Å². The maximum Gasteiger partial charge on any atom is 0.310 e. The summed E-state index contributed by atoms with van der Waals surface area (Å²) in [4.78, 5) is 13.5. The van der Waals surface area contributed by atoms with Crippen molar-refractivity contribution in [2.75, 3.05) is 41.3 Å². The fourth-order valence-electron chi connectivity index (χ4n) is 6.92. The van der Waals surface area contributed by atoms with Crippen LogP contribution in [-0.2, 0) is 28.5 Å². The van der Waals surface area contributed by atoms with Crippen LogP contribution >= 0.6 is 0 Å². The van der Waals surface area contributed by atoms with E-state index in [2.05, 4.69) is 0 Å². The fourth-order valence-corrected chi connectivity index (χ4v) is 6.92. The van der Waals surface area contributed by atoms with Gasteiger partial charge >= 0.3 is 5.97 Å². The smallest absolute Gasteiger partial charge is 0.310 e. The molecule has 3 fully saturated rings. The van der Waals surface area contributed by atoms with Crippen molar-refractivity contribution in [3.8, 4) is 28.7 Å². The van der Waals surface area contributed by atoms with Gasteiger partial charge in [-0.1, -0.05) is 0 Å². The normalized spacial score (nSPS) is 35.8. The lowest BCUT2D eigenvalue weighted by Gasteiger charge is -2.47. The Bertz CT molecular complexity index is 1370. The maximum absolute atomic E-state index is 13.5. The van der Waals surface area contributed by atoms with Crippen LogP contribution in [-0.4, -0.2) is 94.5 Å². The molecule has 43 heavy (non-hydrogen) atoms. The van der Waals surface area contributed by atoms with Crippen LogP contribution in [0.1, 0.15) is 35.6 Å². The summed E-state index contributed by atoms with van der Waals surface area (Å²) in [6, 6.07) is 7.31. The number of benzene rings is 2.